The number of nitrogens with one attached hydrogen (secondary N) is 2. The molecule has 2 rings (SSSR count). The fourth-order valence-corrected chi connectivity index (χ4v) is 2.61. The normalized spacial score (nSPS) is 10.5. The highest BCUT2D eigenvalue weighted by atomic mass is 16.5. The Kier molecular flexibility index (Phi) is 6.81. The number of aromatic amines is 1. The topological polar surface area (TPSA) is 107 Å². The molecule has 1 aromatic heterocycles. The minimum absolute atomic E-state index is 0.116. The maximum atomic E-state index is 12.3. The van der Waals surface area contributed by atoms with E-state index in [1.54, 1.807) is 59.1 Å². The van der Waals surface area contributed by atoms with Crippen molar-refractivity contribution < 1.29 is 28.6 Å². The van der Waals surface area contributed by atoms with Crippen LogP contribution >= 0.6 is 0 Å². The maximum Gasteiger partial charge on any atom is 0.355 e. The lowest BCUT2D eigenvalue weighted by Crippen LogP contribution is -2.21. The third-order valence-corrected chi connectivity index (χ3v) is 3.90. The summed E-state index contributed by atoms with van der Waals surface area (Å²) in [5, 5.41) is 2.62. The van der Waals surface area contributed by atoms with Crippen LogP contribution in [0.2, 0.25) is 0 Å². The van der Waals surface area contributed by atoms with E-state index < -0.39 is 24.5 Å². The van der Waals surface area contributed by atoms with Crippen molar-refractivity contribution in [3.8, 4) is 5.75 Å². The van der Waals surface area contributed by atoms with E-state index in [1.165, 1.54) is 0 Å². The second-order valence-corrected chi connectivity index (χ2v) is 6.43. The number of amides is 1. The van der Waals surface area contributed by atoms with Crippen LogP contribution in [0.15, 0.2) is 24.3 Å². The highest BCUT2D eigenvalue weighted by molar-refractivity contribution is 5.99. The standard InChI is InChI=1S/C20H24N2O6/c1-11(2)28-19(24)17-12(3)18(21-13(17)4)20(25)27-10-16(23)22-14-6-8-15(26-5)9-7-14/h6-9,11,21H,10H2,1-5H3,(H,22,23). The first-order chi connectivity index (χ1) is 13.2. The number of aryl methyl sites for hydroxylation is 1. The Morgan fingerprint density at radius 2 is 1.71 bits per heavy atom. The Hall–Kier alpha value is -3.29. The first-order valence-electron chi connectivity index (χ1n) is 8.74. The lowest BCUT2D eigenvalue weighted by atomic mass is 10.1. The number of H-pyrrole nitrogens is 1. The van der Waals surface area contributed by atoms with Gasteiger partial charge in [0.15, 0.2) is 6.61 Å². The van der Waals surface area contributed by atoms with Crippen LogP contribution in [0.5, 0.6) is 5.75 Å². The van der Waals surface area contributed by atoms with Gasteiger partial charge in [-0.05, 0) is 57.5 Å². The van der Waals surface area contributed by atoms with Crippen molar-refractivity contribution in [3.63, 3.8) is 0 Å². The predicted molar refractivity (Wildman–Crippen MR) is 103 cm³/mol. The third-order valence-electron chi connectivity index (χ3n) is 3.90. The van der Waals surface area contributed by atoms with Crippen molar-refractivity contribution in [2.24, 2.45) is 0 Å². The molecule has 150 valence electrons. The molecule has 0 aliphatic rings. The number of rotatable bonds is 7. The molecule has 1 aromatic carbocycles. The van der Waals surface area contributed by atoms with E-state index >= 15 is 0 Å². The van der Waals surface area contributed by atoms with Crippen molar-refractivity contribution in [3.05, 3.63) is 46.8 Å². The molecule has 0 atom stereocenters. The van der Waals surface area contributed by atoms with Crippen LogP contribution < -0.4 is 10.1 Å². The first kappa shape index (κ1) is 21.0. The number of anilines is 1. The number of ether oxygens (including phenoxy) is 3. The zero-order chi connectivity index (χ0) is 20.8. The quantitative estimate of drug-likeness (QED) is 0.706. The number of esters is 2. The smallest absolute Gasteiger partial charge is 0.355 e. The molecular formula is C20H24N2O6. The van der Waals surface area contributed by atoms with Gasteiger partial charge < -0.3 is 24.5 Å². The second-order valence-electron chi connectivity index (χ2n) is 6.43. The van der Waals surface area contributed by atoms with E-state index in [1.807, 2.05) is 0 Å². The molecule has 0 saturated heterocycles. The van der Waals surface area contributed by atoms with Gasteiger partial charge in [0.25, 0.3) is 5.91 Å². The van der Waals surface area contributed by atoms with Crippen molar-refractivity contribution in [1.29, 1.82) is 0 Å². The van der Waals surface area contributed by atoms with Crippen LogP contribution in [0.4, 0.5) is 5.69 Å². The number of benzene rings is 1. The molecule has 2 N–H and O–H groups in total. The van der Waals surface area contributed by atoms with Gasteiger partial charge >= 0.3 is 11.9 Å². The predicted octanol–water partition coefficient (Wildman–Crippen LogP) is 3.00. The average molecular weight is 388 g/mol. The SMILES string of the molecule is COc1ccc(NC(=O)COC(=O)c2[nH]c(C)c(C(=O)OC(C)C)c2C)cc1. The summed E-state index contributed by atoms with van der Waals surface area (Å²) < 4.78 is 15.3. The summed E-state index contributed by atoms with van der Waals surface area (Å²) in [6, 6.07) is 6.74. The zero-order valence-corrected chi connectivity index (χ0v) is 16.5. The molecule has 0 spiro atoms. The molecule has 0 aliphatic heterocycles. The Morgan fingerprint density at radius 3 is 2.29 bits per heavy atom. The summed E-state index contributed by atoms with van der Waals surface area (Å²) in [4.78, 5) is 39.3. The largest absolute Gasteiger partial charge is 0.497 e. The summed E-state index contributed by atoms with van der Waals surface area (Å²) >= 11 is 0. The molecule has 2 aromatic rings. The summed E-state index contributed by atoms with van der Waals surface area (Å²) in [5.74, 6) is -1.07. The fraction of sp³-hybridized carbons (Fsp3) is 0.350. The summed E-state index contributed by atoms with van der Waals surface area (Å²) in [7, 11) is 1.55. The van der Waals surface area contributed by atoms with Gasteiger partial charge in [-0.15, -0.1) is 0 Å². The van der Waals surface area contributed by atoms with Gasteiger partial charge in [0.2, 0.25) is 0 Å². The van der Waals surface area contributed by atoms with Crippen LogP contribution in [-0.4, -0.2) is 42.7 Å². The van der Waals surface area contributed by atoms with Crippen LogP contribution in [0.25, 0.3) is 0 Å². The number of hydrogen-bond donors (Lipinski definition) is 2. The number of aromatic nitrogens is 1. The van der Waals surface area contributed by atoms with Crippen molar-refractivity contribution >= 4 is 23.5 Å². The summed E-state index contributed by atoms with van der Waals surface area (Å²) in [5.41, 5.74) is 1.88. The van der Waals surface area contributed by atoms with E-state index in [0.29, 0.717) is 28.3 Å². The minimum atomic E-state index is -0.728. The second kappa shape index (κ2) is 9.07. The van der Waals surface area contributed by atoms with Gasteiger partial charge in [-0.3, -0.25) is 4.79 Å². The van der Waals surface area contributed by atoms with E-state index in [4.69, 9.17) is 14.2 Å². The molecule has 0 fully saturated rings. The van der Waals surface area contributed by atoms with Crippen LogP contribution in [0.3, 0.4) is 0 Å². The van der Waals surface area contributed by atoms with Gasteiger partial charge in [-0.25, -0.2) is 9.59 Å². The molecule has 0 unspecified atom stereocenters. The molecule has 8 nitrogen and oxygen atoms in total. The van der Waals surface area contributed by atoms with Gasteiger partial charge in [-0.2, -0.15) is 0 Å². The van der Waals surface area contributed by atoms with Crippen molar-refractivity contribution in [2.75, 3.05) is 19.0 Å². The molecule has 8 heteroatoms. The minimum Gasteiger partial charge on any atom is -0.497 e. The Labute approximate surface area is 163 Å². The molecule has 1 heterocycles. The lowest BCUT2D eigenvalue weighted by Gasteiger charge is -2.08. The van der Waals surface area contributed by atoms with E-state index in [-0.39, 0.29) is 11.8 Å². The average Bonchev–Trinajstić information content (AvgIpc) is 2.94. The van der Waals surface area contributed by atoms with Gasteiger partial charge in [0.05, 0.1) is 18.8 Å². The molecule has 0 saturated carbocycles. The monoisotopic (exact) mass is 388 g/mol. The zero-order valence-electron chi connectivity index (χ0n) is 16.5. The van der Waals surface area contributed by atoms with Gasteiger partial charge in [-0.1, -0.05) is 0 Å². The van der Waals surface area contributed by atoms with Crippen LogP contribution in [0, 0.1) is 13.8 Å². The Morgan fingerprint density at radius 1 is 1.07 bits per heavy atom. The third kappa shape index (κ3) is 5.12. The van der Waals surface area contributed by atoms with E-state index in [0.717, 1.165) is 0 Å². The van der Waals surface area contributed by atoms with Crippen molar-refractivity contribution in [1.82, 2.24) is 4.98 Å². The van der Waals surface area contributed by atoms with E-state index in [2.05, 4.69) is 10.3 Å². The first-order valence-corrected chi connectivity index (χ1v) is 8.74. The van der Waals surface area contributed by atoms with Crippen LogP contribution in [-0.2, 0) is 14.3 Å². The molecule has 0 radical (unpaired) electrons. The fourth-order valence-electron chi connectivity index (χ4n) is 2.61. The van der Waals surface area contributed by atoms with E-state index in [9.17, 15) is 14.4 Å². The summed E-state index contributed by atoms with van der Waals surface area (Å²) in [6.07, 6.45) is -0.279. The number of carbonyl (C=O) groups is 3. The molecule has 0 aliphatic carbocycles. The van der Waals surface area contributed by atoms with Crippen LogP contribution in [0.1, 0.15) is 46.0 Å². The highest BCUT2D eigenvalue weighted by Crippen LogP contribution is 2.20. The van der Waals surface area contributed by atoms with Gasteiger partial charge in [0, 0.05) is 11.4 Å². The Bertz CT molecular complexity index is 868. The summed E-state index contributed by atoms with van der Waals surface area (Å²) in [6.45, 7) is 6.30. The number of methoxy groups -OCH3 is 1. The maximum absolute atomic E-state index is 12.3. The number of hydrogen-bond acceptors (Lipinski definition) is 6. The Balaban J connectivity index is 1.98. The van der Waals surface area contributed by atoms with Gasteiger partial charge in [0.1, 0.15) is 11.4 Å². The molecule has 1 amide bonds. The van der Waals surface area contributed by atoms with Crippen molar-refractivity contribution in [2.45, 2.75) is 33.8 Å². The molecule has 0 bridgehead atoms. The lowest BCUT2D eigenvalue weighted by molar-refractivity contribution is -0.119. The number of carbonyl (C=O) groups excluding carboxylic acids is 3. The highest BCUT2D eigenvalue weighted by Gasteiger charge is 2.24. The molecule has 28 heavy (non-hydrogen) atoms. The molecular weight excluding hydrogens is 364 g/mol.